The summed E-state index contributed by atoms with van der Waals surface area (Å²) in [5, 5.41) is 26.9. The average Bonchev–Trinajstić information content (AvgIpc) is 3.06. The van der Waals surface area contributed by atoms with E-state index in [0.29, 0.717) is 12.8 Å². The Balaban J connectivity index is 0.000000174. The van der Waals surface area contributed by atoms with Crippen LogP contribution in [0.15, 0.2) is 23.8 Å². The number of carbonyl (C=O) groups excluding carboxylic acids is 1. The maximum Gasteiger partial charge on any atom is 0.332 e. The van der Waals surface area contributed by atoms with Crippen LogP contribution in [-0.2, 0) is 19.1 Å². The predicted octanol–water partition coefficient (Wildman–Crippen LogP) is 1.47. The molecule has 3 aliphatic rings. The molecule has 23 heavy (non-hydrogen) atoms. The summed E-state index contributed by atoms with van der Waals surface area (Å²) >= 11 is 0. The molecular weight excluding hydrogens is 304 g/mol. The molecule has 3 aliphatic carbocycles. The first-order chi connectivity index (χ1) is 10.8. The first kappa shape index (κ1) is 17.2. The Morgan fingerprint density at radius 3 is 1.87 bits per heavy atom. The third kappa shape index (κ3) is 3.61. The summed E-state index contributed by atoms with van der Waals surface area (Å²) in [6, 6.07) is 0. The maximum absolute atomic E-state index is 10.8. The molecule has 7 heteroatoms. The summed E-state index contributed by atoms with van der Waals surface area (Å²) in [7, 11) is 0. The van der Waals surface area contributed by atoms with Gasteiger partial charge in [-0.2, -0.15) is 0 Å². The summed E-state index contributed by atoms with van der Waals surface area (Å²) in [5.41, 5.74) is 0.313. The van der Waals surface area contributed by atoms with Crippen molar-refractivity contribution in [1.29, 1.82) is 0 Å². The molecule has 0 radical (unpaired) electrons. The topological polar surface area (TPSA) is 121 Å². The number of ether oxygens (including phenoxy) is 1. The molecular formula is C16H20O7. The van der Waals surface area contributed by atoms with Crippen LogP contribution in [0.1, 0.15) is 38.5 Å². The predicted molar refractivity (Wildman–Crippen MR) is 78.2 cm³/mol. The second-order valence-electron chi connectivity index (χ2n) is 6.07. The molecule has 3 rings (SSSR count). The third-order valence-corrected chi connectivity index (χ3v) is 4.59. The number of aliphatic hydroxyl groups is 1. The first-order valence-electron chi connectivity index (χ1n) is 7.56. The lowest BCUT2D eigenvalue weighted by Gasteiger charge is -2.34. The normalized spacial score (nSPS) is 26.7. The van der Waals surface area contributed by atoms with Gasteiger partial charge in [0.15, 0.2) is 0 Å². The first-order valence-corrected chi connectivity index (χ1v) is 7.56. The van der Waals surface area contributed by atoms with E-state index >= 15 is 0 Å². The molecule has 3 N–H and O–H groups in total. The highest BCUT2D eigenvalue weighted by Crippen LogP contribution is 2.48. The molecule has 0 aromatic rings. The Bertz CT molecular complexity index is 541. The number of hydrogen-bond donors (Lipinski definition) is 3. The van der Waals surface area contributed by atoms with E-state index in [9.17, 15) is 19.5 Å². The molecule has 0 amide bonds. The van der Waals surface area contributed by atoms with E-state index in [1.165, 1.54) is 0 Å². The van der Waals surface area contributed by atoms with E-state index in [0.717, 1.165) is 31.8 Å². The van der Waals surface area contributed by atoms with Crippen LogP contribution < -0.4 is 0 Å². The fourth-order valence-corrected chi connectivity index (χ4v) is 3.34. The average molecular weight is 324 g/mol. The molecule has 0 aromatic carbocycles. The fourth-order valence-electron chi connectivity index (χ4n) is 3.34. The van der Waals surface area contributed by atoms with Gasteiger partial charge in [0.05, 0.1) is 11.1 Å². The van der Waals surface area contributed by atoms with E-state index in [1.807, 2.05) is 0 Å². The van der Waals surface area contributed by atoms with E-state index in [2.05, 4.69) is 11.3 Å². The highest BCUT2D eigenvalue weighted by atomic mass is 16.7. The van der Waals surface area contributed by atoms with Crippen molar-refractivity contribution < 1.29 is 34.4 Å². The van der Waals surface area contributed by atoms with Crippen molar-refractivity contribution in [2.24, 2.45) is 11.8 Å². The molecule has 0 aromatic heterocycles. The zero-order valence-electron chi connectivity index (χ0n) is 12.7. The van der Waals surface area contributed by atoms with Crippen LogP contribution in [0.2, 0.25) is 0 Å². The molecule has 2 fully saturated rings. The van der Waals surface area contributed by atoms with Gasteiger partial charge in [-0.3, -0.25) is 0 Å². The fraction of sp³-hybridized carbons (Fsp3) is 0.562. The standard InChI is InChI=1S/C9H10O4.C7H10O3/c10-8(11)6-4-1-2-5(3-4)7(6)9(12)13;1-2-6(8)10-7(9)4-3-5-7/h4-5H,1-3H2,(H,10,11)(H,12,13);2,9H,1,3-5H2. The molecule has 7 nitrogen and oxygen atoms in total. The van der Waals surface area contributed by atoms with Gasteiger partial charge in [0.2, 0.25) is 5.79 Å². The molecule has 2 atom stereocenters. The van der Waals surface area contributed by atoms with Gasteiger partial charge in [-0.1, -0.05) is 6.58 Å². The Labute approximate surface area is 133 Å². The quantitative estimate of drug-likeness (QED) is 0.407. The number of fused-ring (bicyclic) bond motifs is 2. The second-order valence-corrected chi connectivity index (χ2v) is 6.07. The number of carboxylic acid groups (broad SMARTS) is 2. The van der Waals surface area contributed by atoms with Crippen molar-refractivity contribution in [3.8, 4) is 0 Å². The summed E-state index contributed by atoms with van der Waals surface area (Å²) in [6.45, 7) is 3.22. The van der Waals surface area contributed by atoms with Gasteiger partial charge >= 0.3 is 17.9 Å². The number of rotatable bonds is 4. The van der Waals surface area contributed by atoms with Crippen LogP contribution >= 0.6 is 0 Å². The highest BCUT2D eigenvalue weighted by molar-refractivity contribution is 6.01. The molecule has 126 valence electrons. The van der Waals surface area contributed by atoms with Crippen molar-refractivity contribution in [3.05, 3.63) is 23.8 Å². The van der Waals surface area contributed by atoms with Gasteiger partial charge in [-0.05, 0) is 37.5 Å². The second kappa shape index (κ2) is 6.54. The molecule has 0 saturated heterocycles. The van der Waals surface area contributed by atoms with E-state index in [1.54, 1.807) is 0 Å². The van der Waals surface area contributed by atoms with E-state index in [-0.39, 0.29) is 23.0 Å². The lowest BCUT2D eigenvalue weighted by molar-refractivity contribution is -0.235. The smallest absolute Gasteiger partial charge is 0.332 e. The zero-order valence-corrected chi connectivity index (χ0v) is 12.7. The number of hydrogen-bond acceptors (Lipinski definition) is 5. The number of carboxylic acids is 2. The molecule has 0 spiro atoms. The van der Waals surface area contributed by atoms with Crippen molar-refractivity contribution in [2.45, 2.75) is 44.3 Å². The van der Waals surface area contributed by atoms with E-state index < -0.39 is 23.7 Å². The van der Waals surface area contributed by atoms with Crippen molar-refractivity contribution in [1.82, 2.24) is 0 Å². The number of aliphatic carboxylic acids is 2. The Hall–Kier alpha value is -2.15. The van der Waals surface area contributed by atoms with Gasteiger partial charge in [0.1, 0.15) is 0 Å². The van der Waals surface area contributed by atoms with Crippen LogP contribution in [0.3, 0.4) is 0 Å². The zero-order chi connectivity index (χ0) is 17.2. The number of esters is 1. The minimum Gasteiger partial charge on any atom is -0.478 e. The monoisotopic (exact) mass is 324 g/mol. The van der Waals surface area contributed by atoms with Crippen molar-refractivity contribution in [2.75, 3.05) is 0 Å². The summed E-state index contributed by atoms with van der Waals surface area (Å²) in [5.74, 6) is -3.84. The highest BCUT2D eigenvalue weighted by Gasteiger charge is 2.44. The van der Waals surface area contributed by atoms with Gasteiger partial charge in [0, 0.05) is 18.9 Å². The molecule has 0 heterocycles. The van der Waals surface area contributed by atoms with Gasteiger partial charge in [-0.15, -0.1) is 0 Å². The molecule has 2 unspecified atom stereocenters. The maximum atomic E-state index is 10.8. The summed E-state index contributed by atoms with van der Waals surface area (Å²) in [4.78, 5) is 32.1. The van der Waals surface area contributed by atoms with Crippen LogP contribution in [0.25, 0.3) is 0 Å². The third-order valence-electron chi connectivity index (χ3n) is 4.59. The summed E-state index contributed by atoms with van der Waals surface area (Å²) < 4.78 is 4.62. The largest absolute Gasteiger partial charge is 0.478 e. The van der Waals surface area contributed by atoms with Crippen LogP contribution in [0.4, 0.5) is 0 Å². The minimum atomic E-state index is -1.18. The SMILES string of the molecule is C=CC(=O)OC1(O)CCC1.O=C(O)C1=C(C(=O)O)C2CCC1C2. The Morgan fingerprint density at radius 2 is 1.57 bits per heavy atom. The van der Waals surface area contributed by atoms with Gasteiger partial charge in [-0.25, -0.2) is 14.4 Å². The van der Waals surface area contributed by atoms with Gasteiger partial charge < -0.3 is 20.1 Å². The van der Waals surface area contributed by atoms with Crippen molar-refractivity contribution in [3.63, 3.8) is 0 Å². The molecule has 2 saturated carbocycles. The van der Waals surface area contributed by atoms with Crippen LogP contribution in [-0.4, -0.2) is 39.0 Å². The summed E-state index contributed by atoms with van der Waals surface area (Å²) in [6.07, 6.45) is 5.46. The Morgan fingerprint density at radius 1 is 1.09 bits per heavy atom. The lowest BCUT2D eigenvalue weighted by atomic mass is 9.91. The van der Waals surface area contributed by atoms with Gasteiger partial charge in [0.25, 0.3) is 0 Å². The van der Waals surface area contributed by atoms with Crippen LogP contribution in [0, 0.1) is 11.8 Å². The minimum absolute atomic E-state index is 0.00593. The Kier molecular flexibility index (Phi) is 4.89. The molecule has 2 bridgehead atoms. The lowest BCUT2D eigenvalue weighted by Crippen LogP contribution is -2.41. The van der Waals surface area contributed by atoms with Crippen molar-refractivity contribution >= 4 is 17.9 Å². The number of carbonyl (C=O) groups is 3. The van der Waals surface area contributed by atoms with Crippen LogP contribution in [0.5, 0.6) is 0 Å². The molecule has 0 aliphatic heterocycles. The van der Waals surface area contributed by atoms with E-state index in [4.69, 9.17) is 10.2 Å².